The molecule has 0 bridgehead atoms. The van der Waals surface area contributed by atoms with Gasteiger partial charge < -0.3 is 9.57 Å². The number of nitrogens with zero attached hydrogens (tertiary/aromatic N) is 4. The van der Waals surface area contributed by atoms with Crippen molar-refractivity contribution in [2.45, 2.75) is 6.92 Å². The van der Waals surface area contributed by atoms with Gasteiger partial charge in [-0.15, -0.1) is 21.6 Å². The van der Waals surface area contributed by atoms with Gasteiger partial charge in [0, 0.05) is 0 Å². The van der Waals surface area contributed by atoms with Gasteiger partial charge in [0.2, 0.25) is 5.82 Å². The van der Waals surface area contributed by atoms with Crippen LogP contribution < -0.4 is 15.3 Å². The van der Waals surface area contributed by atoms with Gasteiger partial charge in [-0.25, -0.2) is 14.8 Å². The molecule has 0 spiro atoms. The SMILES string of the molecule is CCOc1ccc(N2NOC(=O)C2=C2N=NC(c3cccs3)=N2)cc1. The Morgan fingerprint density at radius 3 is 2.80 bits per heavy atom. The molecule has 0 aliphatic carbocycles. The lowest BCUT2D eigenvalue weighted by Gasteiger charge is -2.15. The van der Waals surface area contributed by atoms with E-state index < -0.39 is 5.97 Å². The van der Waals surface area contributed by atoms with Crippen molar-refractivity contribution in [2.24, 2.45) is 15.2 Å². The second kappa shape index (κ2) is 6.46. The highest BCUT2D eigenvalue weighted by Gasteiger charge is 2.34. The Kier molecular flexibility index (Phi) is 4.00. The third kappa shape index (κ3) is 2.90. The van der Waals surface area contributed by atoms with E-state index in [1.807, 2.05) is 36.6 Å². The summed E-state index contributed by atoms with van der Waals surface area (Å²) in [5.74, 6) is 0.848. The lowest BCUT2D eigenvalue weighted by molar-refractivity contribution is -0.140. The maximum absolute atomic E-state index is 12.1. The number of nitrogens with one attached hydrogen (secondary N) is 1. The molecule has 4 rings (SSSR count). The molecule has 2 aliphatic rings. The number of aliphatic imine (C=N–C) groups is 1. The largest absolute Gasteiger partial charge is 0.494 e. The molecule has 25 heavy (non-hydrogen) atoms. The molecule has 126 valence electrons. The van der Waals surface area contributed by atoms with E-state index in [0.717, 1.165) is 10.6 Å². The van der Waals surface area contributed by atoms with Crippen LogP contribution in [-0.4, -0.2) is 18.4 Å². The Hall–Kier alpha value is -3.04. The van der Waals surface area contributed by atoms with Gasteiger partial charge >= 0.3 is 5.97 Å². The van der Waals surface area contributed by atoms with Gasteiger partial charge in [-0.1, -0.05) is 11.7 Å². The van der Waals surface area contributed by atoms with Gasteiger partial charge in [0.05, 0.1) is 17.2 Å². The van der Waals surface area contributed by atoms with Gasteiger partial charge in [-0.3, -0.25) is 0 Å². The zero-order valence-corrected chi connectivity index (χ0v) is 14.0. The summed E-state index contributed by atoms with van der Waals surface area (Å²) < 4.78 is 5.42. The first kappa shape index (κ1) is 15.5. The summed E-state index contributed by atoms with van der Waals surface area (Å²) in [4.78, 5) is 22.3. The molecule has 0 atom stereocenters. The standard InChI is InChI=1S/C16H13N5O3S/c1-2-23-11-7-5-10(6-8-11)21-13(16(22)24-20-21)15-17-14(18-19-15)12-4-3-9-25-12/h3-9,20H,2H2,1H3. The Labute approximate surface area is 147 Å². The third-order valence-electron chi connectivity index (χ3n) is 3.46. The maximum Gasteiger partial charge on any atom is 0.380 e. The molecule has 9 heteroatoms. The van der Waals surface area contributed by atoms with Crippen LogP contribution in [-0.2, 0) is 9.63 Å². The zero-order chi connectivity index (χ0) is 17.2. The predicted molar refractivity (Wildman–Crippen MR) is 92.1 cm³/mol. The molecule has 1 aromatic heterocycles. The molecule has 1 aromatic carbocycles. The smallest absolute Gasteiger partial charge is 0.380 e. The Morgan fingerprint density at radius 1 is 1.24 bits per heavy atom. The average Bonchev–Trinajstić information content (AvgIpc) is 3.35. The summed E-state index contributed by atoms with van der Waals surface area (Å²) in [6.07, 6.45) is 0. The monoisotopic (exact) mass is 355 g/mol. The molecule has 2 aliphatic heterocycles. The van der Waals surface area contributed by atoms with E-state index in [0.29, 0.717) is 18.1 Å². The lowest BCUT2D eigenvalue weighted by atomic mass is 10.2. The van der Waals surface area contributed by atoms with E-state index >= 15 is 0 Å². The molecule has 1 N–H and O–H groups in total. The van der Waals surface area contributed by atoms with Gasteiger partial charge in [-0.2, -0.15) is 0 Å². The van der Waals surface area contributed by atoms with Crippen LogP contribution >= 0.6 is 11.3 Å². The van der Waals surface area contributed by atoms with E-state index in [9.17, 15) is 4.79 Å². The van der Waals surface area contributed by atoms with Gasteiger partial charge in [-0.05, 0) is 42.6 Å². The van der Waals surface area contributed by atoms with Crippen LogP contribution in [0.2, 0.25) is 0 Å². The fraction of sp³-hybridized carbons (Fsp3) is 0.125. The van der Waals surface area contributed by atoms with Crippen LogP contribution in [0.3, 0.4) is 0 Å². The normalized spacial score (nSPS) is 19.3. The van der Waals surface area contributed by atoms with Crippen molar-refractivity contribution in [2.75, 3.05) is 11.6 Å². The minimum Gasteiger partial charge on any atom is -0.494 e. The Bertz CT molecular complexity index is 887. The number of amidine groups is 1. The Balaban J connectivity index is 1.68. The van der Waals surface area contributed by atoms with Crippen LogP contribution in [0.5, 0.6) is 5.75 Å². The molecule has 0 unspecified atom stereocenters. The van der Waals surface area contributed by atoms with Crippen molar-refractivity contribution >= 4 is 28.8 Å². The highest BCUT2D eigenvalue weighted by molar-refractivity contribution is 7.12. The fourth-order valence-electron chi connectivity index (χ4n) is 2.35. The number of hydrogen-bond acceptors (Lipinski definition) is 9. The fourth-order valence-corrected chi connectivity index (χ4v) is 3.01. The summed E-state index contributed by atoms with van der Waals surface area (Å²) in [6.45, 7) is 2.50. The van der Waals surface area contributed by atoms with Gasteiger partial charge in [0.25, 0.3) is 0 Å². The molecule has 2 aromatic rings. The number of hydrazine groups is 1. The Morgan fingerprint density at radius 2 is 2.08 bits per heavy atom. The highest BCUT2D eigenvalue weighted by atomic mass is 32.1. The van der Waals surface area contributed by atoms with E-state index in [4.69, 9.17) is 9.57 Å². The number of ether oxygens (including phenoxy) is 1. The van der Waals surface area contributed by atoms with Gasteiger partial charge in [0.15, 0.2) is 11.5 Å². The molecular weight excluding hydrogens is 342 g/mol. The minimum absolute atomic E-state index is 0.180. The lowest BCUT2D eigenvalue weighted by Crippen LogP contribution is -2.29. The van der Waals surface area contributed by atoms with Crippen molar-refractivity contribution in [3.63, 3.8) is 0 Å². The van der Waals surface area contributed by atoms with Crippen LogP contribution in [0.25, 0.3) is 0 Å². The quantitative estimate of drug-likeness (QED) is 0.852. The predicted octanol–water partition coefficient (Wildman–Crippen LogP) is 3.01. The number of carbonyl (C=O) groups excluding carboxylic acids is 1. The summed E-state index contributed by atoms with van der Waals surface area (Å²) in [5.41, 5.74) is 3.43. The summed E-state index contributed by atoms with van der Waals surface area (Å²) in [6, 6.07) is 11.0. The number of anilines is 1. The van der Waals surface area contributed by atoms with Gasteiger partial charge in [0.1, 0.15) is 5.75 Å². The second-order valence-corrected chi connectivity index (χ2v) is 5.98. The zero-order valence-electron chi connectivity index (χ0n) is 13.2. The molecule has 1 fully saturated rings. The van der Waals surface area contributed by atoms with E-state index in [1.165, 1.54) is 16.3 Å². The first-order valence-corrected chi connectivity index (χ1v) is 8.42. The number of thiophene rings is 1. The summed E-state index contributed by atoms with van der Waals surface area (Å²) in [5, 5.41) is 11.5. The summed E-state index contributed by atoms with van der Waals surface area (Å²) >= 11 is 1.50. The topological polar surface area (TPSA) is 87.9 Å². The first-order chi connectivity index (χ1) is 12.3. The van der Waals surface area contributed by atoms with Crippen LogP contribution in [0, 0.1) is 0 Å². The number of azo groups is 1. The third-order valence-corrected chi connectivity index (χ3v) is 4.32. The summed E-state index contributed by atoms with van der Waals surface area (Å²) in [7, 11) is 0. The number of rotatable bonds is 4. The maximum atomic E-state index is 12.1. The molecule has 0 saturated carbocycles. The van der Waals surface area contributed by atoms with Crippen molar-refractivity contribution in [1.82, 2.24) is 5.59 Å². The first-order valence-electron chi connectivity index (χ1n) is 7.54. The van der Waals surface area contributed by atoms with E-state index in [-0.39, 0.29) is 11.5 Å². The van der Waals surface area contributed by atoms with E-state index in [1.54, 1.807) is 12.1 Å². The number of carbonyl (C=O) groups is 1. The number of hydrogen-bond donors (Lipinski definition) is 1. The highest BCUT2D eigenvalue weighted by Crippen LogP contribution is 2.29. The molecule has 3 heterocycles. The molecular formula is C16H13N5O3S. The average molecular weight is 355 g/mol. The van der Waals surface area contributed by atoms with Crippen molar-refractivity contribution in [1.29, 1.82) is 0 Å². The number of benzene rings is 1. The van der Waals surface area contributed by atoms with Crippen molar-refractivity contribution < 1.29 is 14.4 Å². The second-order valence-electron chi connectivity index (χ2n) is 5.03. The van der Waals surface area contributed by atoms with Crippen LogP contribution in [0.4, 0.5) is 5.69 Å². The van der Waals surface area contributed by atoms with Crippen LogP contribution in [0.15, 0.2) is 68.5 Å². The molecule has 1 saturated heterocycles. The molecule has 0 radical (unpaired) electrons. The minimum atomic E-state index is -0.570. The van der Waals surface area contributed by atoms with E-state index in [2.05, 4.69) is 20.8 Å². The molecule has 0 amide bonds. The molecule has 8 nitrogen and oxygen atoms in total. The van der Waals surface area contributed by atoms with Crippen molar-refractivity contribution in [3.05, 3.63) is 58.2 Å². The van der Waals surface area contributed by atoms with Crippen molar-refractivity contribution in [3.8, 4) is 5.75 Å². The van der Waals surface area contributed by atoms with Crippen LogP contribution in [0.1, 0.15) is 11.8 Å².